The van der Waals surface area contributed by atoms with Gasteiger partial charge in [0, 0.05) is 16.5 Å². The van der Waals surface area contributed by atoms with Crippen molar-refractivity contribution in [1.82, 2.24) is 4.98 Å². The third-order valence-corrected chi connectivity index (χ3v) is 3.62. The quantitative estimate of drug-likeness (QED) is 0.818. The number of nitrogens with zero attached hydrogens (tertiary/aromatic N) is 1. The molecule has 0 saturated carbocycles. The molecule has 0 radical (unpaired) electrons. The van der Waals surface area contributed by atoms with Crippen molar-refractivity contribution in [3.05, 3.63) is 52.2 Å². The molecule has 2 rings (SSSR count). The van der Waals surface area contributed by atoms with Gasteiger partial charge in [-0.25, -0.2) is 9.19 Å². The van der Waals surface area contributed by atoms with Gasteiger partial charge >= 0.3 is 0 Å². The zero-order valence-electron chi connectivity index (χ0n) is 7.87. The molecule has 0 N–H and O–H groups in total. The molecule has 1 atom stereocenters. The van der Waals surface area contributed by atoms with Crippen LogP contribution < -0.4 is 0 Å². The van der Waals surface area contributed by atoms with Crippen LogP contribution in [0.3, 0.4) is 0 Å². The second-order valence-electron chi connectivity index (χ2n) is 2.78. The molecular weight excluding hydrogens is 226 g/mol. The Bertz CT molecular complexity index is 463. The second-order valence-corrected chi connectivity index (χ2v) is 5.05. The maximum atomic E-state index is 11.7. The summed E-state index contributed by atoms with van der Waals surface area (Å²) in [4.78, 5) is 5.13. The Kier molecular flexibility index (Phi) is 3.42. The number of hydrogen-bond acceptors (Lipinski definition) is 3. The lowest BCUT2D eigenvalue weighted by molar-refractivity contribution is 0.686. The molecule has 0 saturated heterocycles. The monoisotopic (exact) mass is 235 g/mol. The van der Waals surface area contributed by atoms with Gasteiger partial charge in [0.1, 0.15) is 5.03 Å². The highest BCUT2D eigenvalue weighted by Crippen LogP contribution is 2.12. The SMILES string of the molecule is O=S(/C=C\c1cccs1)c1ccccn1. The summed E-state index contributed by atoms with van der Waals surface area (Å²) in [6, 6.07) is 9.35. The lowest BCUT2D eigenvalue weighted by Gasteiger charge is -1.93. The van der Waals surface area contributed by atoms with Crippen LogP contribution in [0.15, 0.2) is 52.3 Å². The van der Waals surface area contributed by atoms with Crippen molar-refractivity contribution >= 4 is 28.2 Å². The molecule has 2 aromatic rings. The first kappa shape index (κ1) is 10.3. The van der Waals surface area contributed by atoms with E-state index in [0.717, 1.165) is 4.88 Å². The predicted molar refractivity (Wildman–Crippen MR) is 64.0 cm³/mol. The van der Waals surface area contributed by atoms with Crippen LogP contribution in [0.5, 0.6) is 0 Å². The Morgan fingerprint density at radius 1 is 1.27 bits per heavy atom. The molecule has 15 heavy (non-hydrogen) atoms. The van der Waals surface area contributed by atoms with Gasteiger partial charge in [0.25, 0.3) is 0 Å². The van der Waals surface area contributed by atoms with Crippen LogP contribution in [-0.4, -0.2) is 9.19 Å². The number of aromatic nitrogens is 1. The third kappa shape index (κ3) is 2.84. The second kappa shape index (κ2) is 5.00. The minimum absolute atomic E-state index is 0.588. The minimum atomic E-state index is -1.15. The van der Waals surface area contributed by atoms with E-state index in [9.17, 15) is 4.21 Å². The van der Waals surface area contributed by atoms with Crippen molar-refractivity contribution in [2.75, 3.05) is 0 Å². The summed E-state index contributed by atoms with van der Waals surface area (Å²) in [6.07, 6.45) is 3.50. The van der Waals surface area contributed by atoms with Gasteiger partial charge in [0.05, 0.1) is 10.8 Å². The zero-order valence-corrected chi connectivity index (χ0v) is 9.50. The van der Waals surface area contributed by atoms with Crippen LogP contribution in [-0.2, 0) is 10.8 Å². The maximum absolute atomic E-state index is 11.7. The number of thiophene rings is 1. The number of pyridine rings is 1. The number of rotatable bonds is 3. The van der Waals surface area contributed by atoms with Gasteiger partial charge in [0.15, 0.2) is 0 Å². The summed E-state index contributed by atoms with van der Waals surface area (Å²) in [7, 11) is -1.15. The van der Waals surface area contributed by atoms with Gasteiger partial charge in [-0.1, -0.05) is 12.1 Å². The Balaban J connectivity index is 2.11. The molecule has 1 unspecified atom stereocenters. The highest BCUT2D eigenvalue weighted by molar-refractivity contribution is 7.88. The van der Waals surface area contributed by atoms with E-state index in [-0.39, 0.29) is 0 Å². The molecule has 0 aromatic carbocycles. The molecule has 0 bridgehead atoms. The van der Waals surface area contributed by atoms with Crippen LogP contribution >= 0.6 is 11.3 Å². The Morgan fingerprint density at radius 3 is 2.87 bits per heavy atom. The fraction of sp³-hybridized carbons (Fsp3) is 0. The Morgan fingerprint density at radius 2 is 2.20 bits per heavy atom. The van der Waals surface area contributed by atoms with E-state index in [1.54, 1.807) is 29.0 Å². The van der Waals surface area contributed by atoms with Crippen molar-refractivity contribution in [1.29, 1.82) is 0 Å². The van der Waals surface area contributed by atoms with Gasteiger partial charge in [-0.2, -0.15) is 0 Å². The van der Waals surface area contributed by atoms with Gasteiger partial charge in [-0.3, -0.25) is 0 Å². The number of hydrogen-bond donors (Lipinski definition) is 0. The van der Waals surface area contributed by atoms with Crippen molar-refractivity contribution in [2.24, 2.45) is 0 Å². The average molecular weight is 235 g/mol. The first-order chi connectivity index (χ1) is 7.36. The van der Waals surface area contributed by atoms with Crippen molar-refractivity contribution in [3.8, 4) is 0 Å². The summed E-state index contributed by atoms with van der Waals surface area (Å²) >= 11 is 1.62. The van der Waals surface area contributed by atoms with E-state index in [1.807, 2.05) is 35.7 Å². The first-order valence-electron chi connectivity index (χ1n) is 4.39. The van der Waals surface area contributed by atoms with E-state index >= 15 is 0 Å². The van der Waals surface area contributed by atoms with E-state index in [2.05, 4.69) is 4.98 Å². The van der Waals surface area contributed by atoms with Crippen LogP contribution in [0.2, 0.25) is 0 Å². The fourth-order valence-electron chi connectivity index (χ4n) is 1.05. The first-order valence-corrected chi connectivity index (χ1v) is 6.49. The Labute approximate surface area is 94.8 Å². The molecule has 0 spiro atoms. The lowest BCUT2D eigenvalue weighted by Crippen LogP contribution is -1.88. The normalized spacial score (nSPS) is 13.1. The molecular formula is C11H9NOS2. The minimum Gasteiger partial charge on any atom is -0.248 e. The highest BCUT2D eigenvalue weighted by atomic mass is 32.2. The summed E-state index contributed by atoms with van der Waals surface area (Å²) < 4.78 is 11.7. The van der Waals surface area contributed by atoms with Crippen LogP contribution in [0.25, 0.3) is 6.08 Å². The van der Waals surface area contributed by atoms with Crippen molar-refractivity contribution in [3.63, 3.8) is 0 Å². The summed E-state index contributed by atoms with van der Waals surface area (Å²) in [6.45, 7) is 0. The van der Waals surface area contributed by atoms with Crippen molar-refractivity contribution < 1.29 is 4.21 Å². The van der Waals surface area contributed by atoms with E-state index in [1.165, 1.54) is 0 Å². The van der Waals surface area contributed by atoms with Crippen LogP contribution in [0.1, 0.15) is 4.88 Å². The molecule has 0 amide bonds. The van der Waals surface area contributed by atoms with Gasteiger partial charge in [-0.05, 0) is 29.7 Å². The topological polar surface area (TPSA) is 30.0 Å². The molecule has 76 valence electrons. The molecule has 0 aliphatic heterocycles. The summed E-state index contributed by atoms with van der Waals surface area (Å²) in [5.41, 5.74) is 0. The molecule has 0 aliphatic carbocycles. The van der Waals surface area contributed by atoms with Gasteiger partial charge < -0.3 is 0 Å². The van der Waals surface area contributed by atoms with E-state index < -0.39 is 10.8 Å². The van der Waals surface area contributed by atoms with Gasteiger partial charge in [0.2, 0.25) is 0 Å². The van der Waals surface area contributed by atoms with Crippen molar-refractivity contribution in [2.45, 2.75) is 5.03 Å². The average Bonchev–Trinajstić information content (AvgIpc) is 2.80. The molecule has 4 heteroatoms. The molecule has 0 fully saturated rings. The van der Waals surface area contributed by atoms with E-state index in [4.69, 9.17) is 0 Å². The fourth-order valence-corrected chi connectivity index (χ4v) is 2.54. The molecule has 0 aliphatic rings. The standard InChI is InChI=1S/C11H9NOS2/c13-15(11-5-1-2-7-12-11)9-6-10-4-3-8-14-10/h1-9H/b9-6-. The van der Waals surface area contributed by atoms with Gasteiger partial charge in [-0.15, -0.1) is 11.3 Å². The largest absolute Gasteiger partial charge is 0.248 e. The Hall–Kier alpha value is -1.26. The molecule has 2 nitrogen and oxygen atoms in total. The molecule has 2 aromatic heterocycles. The predicted octanol–water partition coefficient (Wildman–Crippen LogP) is 2.92. The third-order valence-electron chi connectivity index (χ3n) is 1.74. The lowest BCUT2D eigenvalue weighted by atomic mass is 10.5. The highest BCUT2D eigenvalue weighted by Gasteiger charge is 1.98. The summed E-state index contributed by atoms with van der Waals surface area (Å²) in [5, 5.41) is 4.24. The molecule has 2 heterocycles. The smallest absolute Gasteiger partial charge is 0.131 e. The maximum Gasteiger partial charge on any atom is 0.131 e. The van der Waals surface area contributed by atoms with Crippen LogP contribution in [0, 0.1) is 0 Å². The summed E-state index contributed by atoms with van der Waals surface area (Å²) in [5.74, 6) is 0. The van der Waals surface area contributed by atoms with E-state index in [0.29, 0.717) is 5.03 Å². The zero-order chi connectivity index (χ0) is 10.5. The van der Waals surface area contributed by atoms with Crippen LogP contribution in [0.4, 0.5) is 0 Å².